The third kappa shape index (κ3) is 2.10. The molecule has 1 aromatic heterocycles. The minimum absolute atomic E-state index is 0.0303. The number of Topliss-reactive ketones (excluding diaryl/α,β-unsaturated/α-hetero) is 1. The smallest absolute Gasteiger partial charge is 0.285 e. The minimum Gasteiger partial charge on any atom is -0.462 e. The van der Waals surface area contributed by atoms with E-state index in [0.717, 1.165) is 28.7 Å². The van der Waals surface area contributed by atoms with Crippen LogP contribution in [0.15, 0.2) is 41.9 Å². The first kappa shape index (κ1) is 13.9. The number of aromatic nitrogens is 2. The summed E-state index contributed by atoms with van der Waals surface area (Å²) in [4.78, 5) is 25.7. The average molecular weight is 308 g/mol. The van der Waals surface area contributed by atoms with Gasteiger partial charge in [0.2, 0.25) is 0 Å². The average Bonchev–Trinajstić information content (AvgIpc) is 3.03. The van der Waals surface area contributed by atoms with Gasteiger partial charge in [0.05, 0.1) is 0 Å². The number of fused-ring (bicyclic) bond motifs is 1. The first-order chi connectivity index (χ1) is 11.2. The summed E-state index contributed by atoms with van der Waals surface area (Å²) in [5.41, 5.74) is 2.93. The van der Waals surface area contributed by atoms with E-state index >= 15 is 0 Å². The number of nitrogens with zero attached hydrogens (tertiary/aromatic N) is 3. The van der Waals surface area contributed by atoms with Crippen LogP contribution in [0.25, 0.3) is 11.1 Å². The third-order valence-corrected chi connectivity index (χ3v) is 4.48. The summed E-state index contributed by atoms with van der Waals surface area (Å²) < 4.78 is 5.49. The molecule has 4 rings (SSSR count). The van der Waals surface area contributed by atoms with Gasteiger partial charge in [-0.1, -0.05) is 18.2 Å². The number of hydrogen-bond acceptors (Lipinski definition) is 6. The zero-order valence-corrected chi connectivity index (χ0v) is 12.7. The molecule has 0 amide bonds. The van der Waals surface area contributed by atoms with Crippen LogP contribution in [-0.4, -0.2) is 41.0 Å². The van der Waals surface area contributed by atoms with Crippen molar-refractivity contribution in [1.29, 1.82) is 0 Å². The Hall–Kier alpha value is -2.76. The van der Waals surface area contributed by atoms with Crippen LogP contribution in [0.3, 0.4) is 0 Å². The Kier molecular flexibility index (Phi) is 3.11. The predicted molar refractivity (Wildman–Crippen MR) is 85.3 cm³/mol. The van der Waals surface area contributed by atoms with Crippen LogP contribution in [0, 0.1) is 0 Å². The van der Waals surface area contributed by atoms with Gasteiger partial charge in [-0.3, -0.25) is 4.79 Å². The summed E-state index contributed by atoms with van der Waals surface area (Å²) in [7, 11) is 1.74. The Labute approximate surface area is 133 Å². The number of hydrogen-bond donors (Lipinski definition) is 1. The van der Waals surface area contributed by atoms with E-state index in [4.69, 9.17) is 4.74 Å². The minimum atomic E-state index is -0.781. The SMILES string of the molecule is CNC1=N[C@]2(CCc3c(cccc3-c3cncnc3)C2=O)CO1. The van der Waals surface area contributed by atoms with Gasteiger partial charge in [-0.25, -0.2) is 15.0 Å². The van der Waals surface area contributed by atoms with E-state index in [1.54, 1.807) is 19.4 Å². The first-order valence-corrected chi connectivity index (χ1v) is 7.56. The number of aliphatic imine (C=N–C) groups is 1. The number of amidine groups is 1. The second-order valence-corrected chi connectivity index (χ2v) is 5.78. The standard InChI is InChI=1S/C17H16N4O2/c1-18-16-21-17(9-23-16)6-5-13-12(11-7-19-10-20-8-11)3-2-4-14(13)15(17)22/h2-4,7-8,10H,5-6,9H2,1H3,(H,18,21)/t17-/m1/s1. The molecule has 0 unspecified atom stereocenters. The highest BCUT2D eigenvalue weighted by atomic mass is 16.5. The molecule has 2 aromatic rings. The molecular formula is C17H16N4O2. The molecule has 1 atom stereocenters. The van der Waals surface area contributed by atoms with E-state index < -0.39 is 5.54 Å². The van der Waals surface area contributed by atoms with E-state index in [1.165, 1.54) is 6.33 Å². The Bertz CT molecular complexity index is 803. The van der Waals surface area contributed by atoms with Crippen molar-refractivity contribution in [3.63, 3.8) is 0 Å². The van der Waals surface area contributed by atoms with Gasteiger partial charge in [-0.05, 0) is 24.0 Å². The van der Waals surface area contributed by atoms with Crippen LogP contribution < -0.4 is 5.32 Å². The lowest BCUT2D eigenvalue weighted by Gasteiger charge is -2.29. The molecule has 1 aliphatic carbocycles. The topological polar surface area (TPSA) is 76.5 Å². The van der Waals surface area contributed by atoms with Crippen LogP contribution in [0.4, 0.5) is 0 Å². The molecule has 116 valence electrons. The van der Waals surface area contributed by atoms with Gasteiger partial charge < -0.3 is 10.1 Å². The van der Waals surface area contributed by atoms with Gasteiger partial charge in [0.1, 0.15) is 12.9 Å². The molecule has 0 saturated heterocycles. The molecule has 1 aliphatic heterocycles. The first-order valence-electron chi connectivity index (χ1n) is 7.56. The fraction of sp³-hybridized carbons (Fsp3) is 0.294. The van der Waals surface area contributed by atoms with Crippen LogP contribution in [0.5, 0.6) is 0 Å². The highest BCUT2D eigenvalue weighted by molar-refractivity contribution is 6.08. The summed E-state index contributed by atoms with van der Waals surface area (Å²) in [5, 5.41) is 2.88. The van der Waals surface area contributed by atoms with E-state index in [0.29, 0.717) is 19.0 Å². The molecule has 1 N–H and O–H groups in total. The van der Waals surface area contributed by atoms with E-state index in [9.17, 15) is 4.79 Å². The zero-order chi connectivity index (χ0) is 15.9. The number of benzene rings is 1. The molecule has 23 heavy (non-hydrogen) atoms. The lowest BCUT2D eigenvalue weighted by atomic mass is 9.76. The summed E-state index contributed by atoms with van der Waals surface area (Å²) in [6.07, 6.45) is 6.47. The highest BCUT2D eigenvalue weighted by Gasteiger charge is 2.47. The quantitative estimate of drug-likeness (QED) is 0.866. The van der Waals surface area contributed by atoms with Crippen molar-refractivity contribution in [3.8, 4) is 11.1 Å². The van der Waals surface area contributed by atoms with Crippen molar-refractivity contribution in [2.75, 3.05) is 13.7 Å². The van der Waals surface area contributed by atoms with E-state index in [-0.39, 0.29) is 5.78 Å². The van der Waals surface area contributed by atoms with Crippen LogP contribution in [-0.2, 0) is 11.2 Å². The molecule has 1 aromatic carbocycles. The number of carbonyl (C=O) groups is 1. The maximum Gasteiger partial charge on any atom is 0.285 e. The van der Waals surface area contributed by atoms with Crippen LogP contribution >= 0.6 is 0 Å². The Morgan fingerprint density at radius 2 is 2.00 bits per heavy atom. The van der Waals surface area contributed by atoms with Crippen molar-refractivity contribution < 1.29 is 9.53 Å². The normalized spacial score (nSPS) is 22.5. The molecule has 0 saturated carbocycles. The maximum atomic E-state index is 13.0. The van der Waals surface area contributed by atoms with E-state index in [1.807, 2.05) is 18.2 Å². The molecule has 6 heteroatoms. The number of ketones is 1. The number of carbonyl (C=O) groups excluding carboxylic acids is 1. The molecule has 6 nitrogen and oxygen atoms in total. The summed E-state index contributed by atoms with van der Waals surface area (Å²) in [6, 6.07) is 6.22. The summed E-state index contributed by atoms with van der Waals surface area (Å²) >= 11 is 0. The molecule has 1 spiro atoms. The molecular weight excluding hydrogens is 292 g/mol. The summed E-state index contributed by atoms with van der Waals surface area (Å²) in [5.74, 6) is 0.0303. The number of rotatable bonds is 1. The van der Waals surface area contributed by atoms with Gasteiger partial charge in [0.15, 0.2) is 11.3 Å². The molecule has 0 fully saturated rings. The highest BCUT2D eigenvalue weighted by Crippen LogP contribution is 2.38. The third-order valence-electron chi connectivity index (χ3n) is 4.48. The largest absolute Gasteiger partial charge is 0.462 e. The van der Waals surface area contributed by atoms with Crippen molar-refractivity contribution in [1.82, 2.24) is 15.3 Å². The monoisotopic (exact) mass is 308 g/mol. The lowest BCUT2D eigenvalue weighted by molar-refractivity contribution is 0.0835. The predicted octanol–water partition coefficient (Wildman–Crippen LogP) is 1.62. The molecule has 0 radical (unpaired) electrons. The maximum absolute atomic E-state index is 13.0. The van der Waals surface area contributed by atoms with Crippen molar-refractivity contribution >= 4 is 11.8 Å². The second kappa shape index (κ2) is 5.15. The fourth-order valence-electron chi connectivity index (χ4n) is 3.29. The van der Waals surface area contributed by atoms with Crippen LogP contribution in [0.2, 0.25) is 0 Å². The summed E-state index contributed by atoms with van der Waals surface area (Å²) in [6.45, 7) is 0.306. The van der Waals surface area contributed by atoms with Gasteiger partial charge in [0, 0.05) is 30.6 Å². The zero-order valence-electron chi connectivity index (χ0n) is 12.7. The fourth-order valence-corrected chi connectivity index (χ4v) is 3.29. The molecule has 2 heterocycles. The van der Waals surface area contributed by atoms with Crippen molar-refractivity contribution in [3.05, 3.63) is 48.0 Å². The molecule has 0 bridgehead atoms. The van der Waals surface area contributed by atoms with E-state index in [2.05, 4.69) is 20.3 Å². The number of nitrogens with one attached hydrogen (secondary N) is 1. The Morgan fingerprint density at radius 1 is 1.22 bits per heavy atom. The van der Waals surface area contributed by atoms with Crippen molar-refractivity contribution in [2.45, 2.75) is 18.4 Å². The molecule has 2 aliphatic rings. The van der Waals surface area contributed by atoms with Gasteiger partial charge in [-0.2, -0.15) is 0 Å². The Balaban J connectivity index is 1.80. The lowest BCUT2D eigenvalue weighted by Crippen LogP contribution is -2.42. The van der Waals surface area contributed by atoms with Gasteiger partial charge in [0.25, 0.3) is 6.02 Å². The second-order valence-electron chi connectivity index (χ2n) is 5.78. The van der Waals surface area contributed by atoms with Gasteiger partial charge in [-0.15, -0.1) is 0 Å². The van der Waals surface area contributed by atoms with Crippen LogP contribution in [0.1, 0.15) is 22.3 Å². The number of ether oxygens (including phenoxy) is 1. The van der Waals surface area contributed by atoms with Gasteiger partial charge >= 0.3 is 0 Å². The van der Waals surface area contributed by atoms with Crippen molar-refractivity contribution in [2.24, 2.45) is 4.99 Å². The Morgan fingerprint density at radius 3 is 2.74 bits per heavy atom.